The molecular formula is C19H29FN6. The second-order valence-corrected chi connectivity index (χ2v) is 6.24. The van der Waals surface area contributed by atoms with E-state index in [1.165, 1.54) is 0 Å². The van der Waals surface area contributed by atoms with Crippen LogP contribution in [0, 0.1) is 5.82 Å². The molecule has 0 fully saturated rings. The molecule has 0 amide bonds. The van der Waals surface area contributed by atoms with E-state index in [0.717, 1.165) is 30.2 Å². The summed E-state index contributed by atoms with van der Waals surface area (Å²) in [6.45, 7) is 6.84. The summed E-state index contributed by atoms with van der Waals surface area (Å²) in [5, 5.41) is 7.46. The molecule has 7 heteroatoms. The minimum atomic E-state index is -0.188. The Morgan fingerprint density at radius 3 is 2.54 bits per heavy atom. The highest BCUT2D eigenvalue weighted by atomic mass is 19.1. The third-order valence-electron chi connectivity index (χ3n) is 4.32. The molecule has 0 aliphatic rings. The number of hydrogen-bond donors (Lipinski definition) is 1. The molecule has 6 nitrogen and oxygen atoms in total. The quantitative estimate of drug-likeness (QED) is 0.609. The summed E-state index contributed by atoms with van der Waals surface area (Å²) in [7, 11) is 5.60. The summed E-state index contributed by atoms with van der Waals surface area (Å²) in [5.74, 6) is 0.564. The van der Waals surface area contributed by atoms with Gasteiger partial charge in [0.25, 0.3) is 0 Å². The van der Waals surface area contributed by atoms with Gasteiger partial charge in [-0.25, -0.2) is 4.39 Å². The Hall–Kier alpha value is -2.57. The van der Waals surface area contributed by atoms with Crippen molar-refractivity contribution < 1.29 is 4.39 Å². The molecule has 0 unspecified atom stereocenters. The lowest BCUT2D eigenvalue weighted by atomic mass is 10.2. The van der Waals surface area contributed by atoms with E-state index in [1.807, 2.05) is 62.3 Å². The SMILES string of the molecule is CCN(CC)c1ccc(CNC(=NC)N(C)Cc2cnn(C)c2)cc1F. The normalized spacial score (nSPS) is 11.5. The fraction of sp³-hybridized carbons (Fsp3) is 0.474. The Labute approximate surface area is 155 Å². The van der Waals surface area contributed by atoms with E-state index in [0.29, 0.717) is 18.8 Å². The molecule has 0 saturated heterocycles. The molecule has 1 aromatic heterocycles. The number of nitrogens with one attached hydrogen (secondary N) is 1. The predicted molar refractivity (Wildman–Crippen MR) is 105 cm³/mol. The molecule has 1 aromatic carbocycles. The van der Waals surface area contributed by atoms with Crippen molar-refractivity contribution in [3.8, 4) is 0 Å². The first-order valence-electron chi connectivity index (χ1n) is 8.91. The third-order valence-corrected chi connectivity index (χ3v) is 4.32. The van der Waals surface area contributed by atoms with Gasteiger partial charge < -0.3 is 15.1 Å². The minimum absolute atomic E-state index is 0.188. The summed E-state index contributed by atoms with van der Waals surface area (Å²) < 4.78 is 16.2. The number of aryl methyl sites for hydroxylation is 1. The van der Waals surface area contributed by atoms with Gasteiger partial charge >= 0.3 is 0 Å². The number of hydrogen-bond acceptors (Lipinski definition) is 3. The Balaban J connectivity index is 1.98. The first-order chi connectivity index (χ1) is 12.5. The molecule has 0 aliphatic heterocycles. The van der Waals surface area contributed by atoms with E-state index >= 15 is 0 Å². The van der Waals surface area contributed by atoms with Gasteiger partial charge in [0, 0.05) is 59.1 Å². The highest BCUT2D eigenvalue weighted by Gasteiger charge is 2.11. The monoisotopic (exact) mass is 360 g/mol. The van der Waals surface area contributed by atoms with E-state index in [2.05, 4.69) is 15.4 Å². The number of benzene rings is 1. The standard InChI is InChI=1S/C19H29FN6/c1-6-26(7-2)18-9-8-15(10-17(18)20)11-22-19(21-3)24(4)13-16-12-23-25(5)14-16/h8-10,12,14H,6-7,11,13H2,1-5H3,(H,21,22). The highest BCUT2D eigenvalue weighted by Crippen LogP contribution is 2.20. The van der Waals surface area contributed by atoms with E-state index in [4.69, 9.17) is 0 Å². The Morgan fingerprint density at radius 2 is 2.00 bits per heavy atom. The zero-order chi connectivity index (χ0) is 19.1. The lowest BCUT2D eigenvalue weighted by Gasteiger charge is -2.23. The number of rotatable bonds is 7. The van der Waals surface area contributed by atoms with Gasteiger partial charge in [-0.1, -0.05) is 6.07 Å². The van der Waals surface area contributed by atoms with Crippen LogP contribution in [0.15, 0.2) is 35.6 Å². The van der Waals surface area contributed by atoms with Crippen molar-refractivity contribution in [2.45, 2.75) is 26.9 Å². The topological polar surface area (TPSA) is 48.7 Å². The van der Waals surface area contributed by atoms with Crippen molar-refractivity contribution in [2.75, 3.05) is 32.1 Å². The Bertz CT molecular complexity index is 735. The zero-order valence-corrected chi connectivity index (χ0v) is 16.3. The number of guanidine groups is 1. The molecule has 0 spiro atoms. The van der Waals surface area contributed by atoms with Crippen LogP contribution in [0.25, 0.3) is 0 Å². The molecule has 0 radical (unpaired) electrons. The number of nitrogens with zero attached hydrogens (tertiary/aromatic N) is 5. The first-order valence-corrected chi connectivity index (χ1v) is 8.91. The summed E-state index contributed by atoms with van der Waals surface area (Å²) in [6.07, 6.45) is 3.82. The van der Waals surface area contributed by atoms with Crippen molar-refractivity contribution in [1.29, 1.82) is 0 Å². The smallest absolute Gasteiger partial charge is 0.193 e. The molecule has 0 saturated carbocycles. The lowest BCUT2D eigenvalue weighted by molar-refractivity contribution is 0.476. The van der Waals surface area contributed by atoms with Crippen molar-refractivity contribution in [3.63, 3.8) is 0 Å². The lowest BCUT2D eigenvalue weighted by Crippen LogP contribution is -2.38. The van der Waals surface area contributed by atoms with Crippen LogP contribution in [0.3, 0.4) is 0 Å². The molecule has 1 N–H and O–H groups in total. The Morgan fingerprint density at radius 1 is 1.27 bits per heavy atom. The minimum Gasteiger partial charge on any atom is -0.370 e. The molecule has 0 bridgehead atoms. The van der Waals surface area contributed by atoms with Crippen LogP contribution >= 0.6 is 0 Å². The average Bonchev–Trinajstić information content (AvgIpc) is 3.03. The molecular weight excluding hydrogens is 331 g/mol. The maximum Gasteiger partial charge on any atom is 0.193 e. The average molecular weight is 360 g/mol. The van der Waals surface area contributed by atoms with Crippen LogP contribution in [0.1, 0.15) is 25.0 Å². The van der Waals surface area contributed by atoms with Crippen LogP contribution in [0.4, 0.5) is 10.1 Å². The Kier molecular flexibility index (Phi) is 7.00. The van der Waals surface area contributed by atoms with Crippen LogP contribution < -0.4 is 10.2 Å². The van der Waals surface area contributed by atoms with Gasteiger partial charge in [-0.15, -0.1) is 0 Å². The second kappa shape index (κ2) is 9.22. The van der Waals surface area contributed by atoms with Gasteiger partial charge in [0.1, 0.15) is 5.82 Å². The first kappa shape index (κ1) is 19.8. The van der Waals surface area contributed by atoms with Gasteiger partial charge in [-0.05, 0) is 31.5 Å². The highest BCUT2D eigenvalue weighted by molar-refractivity contribution is 5.79. The molecule has 2 rings (SSSR count). The molecule has 1 heterocycles. The summed E-state index contributed by atoms with van der Waals surface area (Å²) in [6, 6.07) is 5.40. The summed E-state index contributed by atoms with van der Waals surface area (Å²) >= 11 is 0. The van der Waals surface area contributed by atoms with E-state index < -0.39 is 0 Å². The van der Waals surface area contributed by atoms with E-state index in [1.54, 1.807) is 17.8 Å². The molecule has 0 aliphatic carbocycles. The predicted octanol–water partition coefficient (Wildman–Crippen LogP) is 2.61. The largest absolute Gasteiger partial charge is 0.370 e. The molecule has 2 aromatic rings. The van der Waals surface area contributed by atoms with Crippen molar-refractivity contribution in [1.82, 2.24) is 20.0 Å². The molecule has 0 atom stereocenters. The van der Waals surface area contributed by atoms with Gasteiger partial charge in [-0.3, -0.25) is 9.67 Å². The van der Waals surface area contributed by atoms with E-state index in [-0.39, 0.29) is 5.82 Å². The summed E-state index contributed by atoms with van der Waals surface area (Å²) in [4.78, 5) is 8.32. The maximum absolute atomic E-state index is 14.4. The van der Waals surface area contributed by atoms with Crippen molar-refractivity contribution >= 4 is 11.6 Å². The third kappa shape index (κ3) is 4.97. The molecule has 26 heavy (non-hydrogen) atoms. The van der Waals surface area contributed by atoms with Crippen LogP contribution in [-0.2, 0) is 20.1 Å². The fourth-order valence-corrected chi connectivity index (χ4v) is 2.95. The zero-order valence-electron chi connectivity index (χ0n) is 16.3. The number of anilines is 1. The van der Waals surface area contributed by atoms with Crippen molar-refractivity contribution in [2.24, 2.45) is 12.0 Å². The van der Waals surface area contributed by atoms with Crippen LogP contribution in [0.2, 0.25) is 0 Å². The number of aliphatic imine (C=N–C) groups is 1. The number of aromatic nitrogens is 2. The number of halogens is 1. The fourth-order valence-electron chi connectivity index (χ4n) is 2.95. The van der Waals surface area contributed by atoms with Crippen molar-refractivity contribution in [3.05, 3.63) is 47.5 Å². The van der Waals surface area contributed by atoms with Crippen LogP contribution in [-0.4, -0.2) is 47.8 Å². The second-order valence-electron chi connectivity index (χ2n) is 6.24. The maximum atomic E-state index is 14.4. The van der Waals surface area contributed by atoms with Gasteiger partial charge in [0.15, 0.2) is 5.96 Å². The van der Waals surface area contributed by atoms with E-state index in [9.17, 15) is 4.39 Å². The van der Waals surface area contributed by atoms with Gasteiger partial charge in [0.05, 0.1) is 11.9 Å². The van der Waals surface area contributed by atoms with Gasteiger partial charge in [0.2, 0.25) is 0 Å². The van der Waals surface area contributed by atoms with Crippen LogP contribution in [0.5, 0.6) is 0 Å². The van der Waals surface area contributed by atoms with Gasteiger partial charge in [-0.2, -0.15) is 5.10 Å². The summed E-state index contributed by atoms with van der Waals surface area (Å²) in [5.41, 5.74) is 2.64. The molecule has 142 valence electrons.